The van der Waals surface area contributed by atoms with Gasteiger partial charge >= 0.3 is 0 Å². The molecule has 3 nitrogen and oxygen atoms in total. The maximum absolute atomic E-state index is 5.04. The van der Waals surface area contributed by atoms with Gasteiger partial charge in [0.15, 0.2) is 0 Å². The first-order chi connectivity index (χ1) is 6.31. The second kappa shape index (κ2) is 3.47. The highest BCUT2D eigenvalue weighted by molar-refractivity contribution is 9.10. The van der Waals surface area contributed by atoms with E-state index in [-0.39, 0.29) is 0 Å². The number of halogens is 1. The zero-order chi connectivity index (χ0) is 9.26. The molecule has 2 aromatic heterocycles. The second-order valence-corrected chi connectivity index (χ2v) is 3.69. The summed E-state index contributed by atoms with van der Waals surface area (Å²) in [5, 5.41) is 1.12. The SMILES string of the molecule is COCn1ccc2cc(Br)cnc21. The van der Waals surface area contributed by atoms with Crippen LogP contribution in [0.1, 0.15) is 0 Å². The van der Waals surface area contributed by atoms with Crippen molar-refractivity contribution >= 4 is 27.0 Å². The van der Waals surface area contributed by atoms with E-state index in [0.29, 0.717) is 6.73 Å². The lowest BCUT2D eigenvalue weighted by Gasteiger charge is -2.01. The molecule has 13 heavy (non-hydrogen) atoms. The van der Waals surface area contributed by atoms with Gasteiger partial charge in [0.1, 0.15) is 12.4 Å². The van der Waals surface area contributed by atoms with Crippen LogP contribution in [0.4, 0.5) is 0 Å². The lowest BCUT2D eigenvalue weighted by atomic mass is 10.3. The summed E-state index contributed by atoms with van der Waals surface area (Å²) in [6.07, 6.45) is 3.75. The predicted octanol–water partition coefficient (Wildman–Crippen LogP) is 2.40. The third kappa shape index (κ3) is 1.59. The molecule has 0 saturated heterocycles. The van der Waals surface area contributed by atoms with E-state index in [1.807, 2.05) is 22.9 Å². The van der Waals surface area contributed by atoms with Crippen LogP contribution in [0.25, 0.3) is 11.0 Å². The van der Waals surface area contributed by atoms with Crippen molar-refractivity contribution in [2.45, 2.75) is 6.73 Å². The van der Waals surface area contributed by atoms with Crippen LogP contribution in [0.5, 0.6) is 0 Å². The molecule has 2 rings (SSSR count). The Balaban J connectivity index is 2.55. The van der Waals surface area contributed by atoms with Gasteiger partial charge in [-0.1, -0.05) is 0 Å². The first kappa shape index (κ1) is 8.72. The van der Waals surface area contributed by atoms with Gasteiger partial charge in [-0.2, -0.15) is 0 Å². The quantitative estimate of drug-likeness (QED) is 0.807. The van der Waals surface area contributed by atoms with E-state index in [2.05, 4.69) is 20.9 Å². The van der Waals surface area contributed by atoms with Crippen molar-refractivity contribution in [3.05, 3.63) is 29.0 Å². The summed E-state index contributed by atoms with van der Waals surface area (Å²) >= 11 is 3.38. The van der Waals surface area contributed by atoms with Crippen LogP contribution in [0.15, 0.2) is 29.0 Å². The standard InChI is InChI=1S/C9H9BrN2O/c1-13-6-12-3-2-7-4-8(10)5-11-9(7)12/h2-5H,6H2,1H3. The van der Waals surface area contributed by atoms with Crippen LogP contribution in [0.3, 0.4) is 0 Å². The molecule has 0 amide bonds. The van der Waals surface area contributed by atoms with Crippen molar-refractivity contribution < 1.29 is 4.74 Å². The average molecular weight is 241 g/mol. The molecule has 0 unspecified atom stereocenters. The Morgan fingerprint density at radius 1 is 1.62 bits per heavy atom. The van der Waals surface area contributed by atoms with Gasteiger partial charge in [-0.3, -0.25) is 0 Å². The maximum atomic E-state index is 5.04. The summed E-state index contributed by atoms with van der Waals surface area (Å²) in [5.41, 5.74) is 0.949. The first-order valence-electron chi connectivity index (χ1n) is 3.90. The summed E-state index contributed by atoms with van der Waals surface area (Å²) in [6.45, 7) is 0.540. The number of pyridine rings is 1. The van der Waals surface area contributed by atoms with Crippen molar-refractivity contribution in [3.63, 3.8) is 0 Å². The zero-order valence-corrected chi connectivity index (χ0v) is 8.78. The fraction of sp³-hybridized carbons (Fsp3) is 0.222. The molecule has 0 N–H and O–H groups in total. The molecule has 0 saturated carbocycles. The Morgan fingerprint density at radius 2 is 2.46 bits per heavy atom. The van der Waals surface area contributed by atoms with E-state index >= 15 is 0 Å². The molecule has 2 aromatic rings. The van der Waals surface area contributed by atoms with Crippen LogP contribution in [-0.2, 0) is 11.5 Å². The number of ether oxygens (including phenoxy) is 1. The molecule has 4 heteroatoms. The van der Waals surface area contributed by atoms with E-state index in [9.17, 15) is 0 Å². The van der Waals surface area contributed by atoms with Crippen LogP contribution < -0.4 is 0 Å². The van der Waals surface area contributed by atoms with Gasteiger partial charge in [0, 0.05) is 29.4 Å². The molecular weight excluding hydrogens is 232 g/mol. The maximum Gasteiger partial charge on any atom is 0.141 e. The molecule has 0 aliphatic rings. The molecule has 0 aliphatic carbocycles. The van der Waals surface area contributed by atoms with Gasteiger partial charge in [-0.25, -0.2) is 4.98 Å². The smallest absolute Gasteiger partial charge is 0.141 e. The number of rotatable bonds is 2. The first-order valence-corrected chi connectivity index (χ1v) is 4.70. The summed E-state index contributed by atoms with van der Waals surface area (Å²) < 4.78 is 7.99. The number of methoxy groups -OCH3 is 1. The van der Waals surface area contributed by atoms with Gasteiger partial charge in [0.2, 0.25) is 0 Å². The van der Waals surface area contributed by atoms with Crippen molar-refractivity contribution in [1.29, 1.82) is 0 Å². The number of hydrogen-bond donors (Lipinski definition) is 0. The molecule has 0 aromatic carbocycles. The minimum atomic E-state index is 0.540. The third-order valence-corrected chi connectivity index (χ3v) is 2.27. The molecule has 0 aliphatic heterocycles. The van der Waals surface area contributed by atoms with Crippen molar-refractivity contribution in [1.82, 2.24) is 9.55 Å². The Kier molecular flexibility index (Phi) is 2.33. The zero-order valence-electron chi connectivity index (χ0n) is 7.20. The van der Waals surface area contributed by atoms with Crippen LogP contribution >= 0.6 is 15.9 Å². The third-order valence-electron chi connectivity index (χ3n) is 1.84. The Morgan fingerprint density at radius 3 is 3.23 bits per heavy atom. The number of nitrogens with zero attached hydrogens (tertiary/aromatic N) is 2. The number of aromatic nitrogens is 2. The Labute approximate surface area is 84.5 Å². The molecule has 2 heterocycles. The fourth-order valence-corrected chi connectivity index (χ4v) is 1.64. The summed E-state index contributed by atoms with van der Waals surface area (Å²) in [4.78, 5) is 4.30. The normalized spacial score (nSPS) is 10.9. The minimum absolute atomic E-state index is 0.540. The van der Waals surface area contributed by atoms with Gasteiger partial charge in [0.25, 0.3) is 0 Å². The molecule has 68 valence electrons. The summed E-state index contributed by atoms with van der Waals surface area (Å²) in [5.74, 6) is 0. The van der Waals surface area contributed by atoms with Crippen LogP contribution in [0.2, 0.25) is 0 Å². The van der Waals surface area contributed by atoms with Crippen molar-refractivity contribution in [2.75, 3.05) is 7.11 Å². The van der Waals surface area contributed by atoms with E-state index < -0.39 is 0 Å². The summed E-state index contributed by atoms with van der Waals surface area (Å²) in [6, 6.07) is 4.06. The highest BCUT2D eigenvalue weighted by Crippen LogP contribution is 2.17. The van der Waals surface area contributed by atoms with Crippen molar-refractivity contribution in [3.8, 4) is 0 Å². The lowest BCUT2D eigenvalue weighted by molar-refractivity contribution is 0.134. The monoisotopic (exact) mass is 240 g/mol. The molecule has 0 bridgehead atoms. The van der Waals surface area contributed by atoms with Crippen LogP contribution in [-0.4, -0.2) is 16.7 Å². The molecule has 0 atom stereocenters. The Bertz CT molecular complexity index is 424. The largest absolute Gasteiger partial charge is 0.364 e. The highest BCUT2D eigenvalue weighted by Gasteiger charge is 2.01. The Hall–Kier alpha value is -0.870. The topological polar surface area (TPSA) is 27.1 Å². The van der Waals surface area contributed by atoms with Gasteiger partial charge in [-0.15, -0.1) is 0 Å². The lowest BCUT2D eigenvalue weighted by Crippen LogP contribution is -1.98. The number of fused-ring (bicyclic) bond motifs is 1. The van der Waals surface area contributed by atoms with E-state index in [1.54, 1.807) is 13.3 Å². The van der Waals surface area contributed by atoms with E-state index in [0.717, 1.165) is 15.5 Å². The average Bonchev–Trinajstić information content (AvgIpc) is 2.49. The van der Waals surface area contributed by atoms with E-state index in [4.69, 9.17) is 4.74 Å². The highest BCUT2D eigenvalue weighted by atomic mass is 79.9. The van der Waals surface area contributed by atoms with Crippen LogP contribution in [0, 0.1) is 0 Å². The second-order valence-electron chi connectivity index (χ2n) is 2.77. The van der Waals surface area contributed by atoms with Gasteiger partial charge < -0.3 is 9.30 Å². The van der Waals surface area contributed by atoms with Gasteiger partial charge in [-0.05, 0) is 28.1 Å². The van der Waals surface area contributed by atoms with E-state index in [1.165, 1.54) is 0 Å². The molecule has 0 spiro atoms. The molecule has 0 fully saturated rings. The van der Waals surface area contributed by atoms with Gasteiger partial charge in [0.05, 0.1) is 0 Å². The number of hydrogen-bond acceptors (Lipinski definition) is 2. The fourth-order valence-electron chi connectivity index (χ4n) is 1.29. The predicted molar refractivity (Wildman–Crippen MR) is 54.4 cm³/mol. The van der Waals surface area contributed by atoms with Crippen molar-refractivity contribution in [2.24, 2.45) is 0 Å². The minimum Gasteiger partial charge on any atom is -0.364 e. The molecule has 0 radical (unpaired) electrons. The molecular formula is C9H9BrN2O. The summed E-state index contributed by atoms with van der Waals surface area (Å²) in [7, 11) is 1.67.